The summed E-state index contributed by atoms with van der Waals surface area (Å²) in [5, 5.41) is 8.73. The lowest BCUT2D eigenvalue weighted by atomic mass is 10.2. The first-order valence-electron chi connectivity index (χ1n) is 4.92. The quantitative estimate of drug-likeness (QED) is 0.830. The number of aliphatic hydroxyl groups is 1. The van der Waals surface area contributed by atoms with Gasteiger partial charge < -0.3 is 5.11 Å². The number of aliphatic hydroxyl groups excluding tert-OH is 1. The zero-order chi connectivity index (χ0) is 13.1. The third kappa shape index (κ3) is 3.72. The molecule has 1 rings (SSSR count). The molecule has 7 heteroatoms. The van der Waals surface area contributed by atoms with E-state index in [9.17, 15) is 17.2 Å². The molecule has 0 amide bonds. The molecule has 1 unspecified atom stereocenters. The smallest absolute Gasteiger partial charge is 0.243 e. The Bertz CT molecular complexity index is 490. The maximum absolute atomic E-state index is 13.2. The summed E-state index contributed by atoms with van der Waals surface area (Å²) in [7, 11) is -4.09. The van der Waals surface area contributed by atoms with E-state index in [0.717, 1.165) is 12.1 Å². The van der Waals surface area contributed by atoms with Crippen LogP contribution in [-0.4, -0.2) is 26.7 Å². The molecule has 0 fully saturated rings. The number of sulfonamides is 1. The molecule has 0 spiro atoms. The molecule has 0 bridgehead atoms. The summed E-state index contributed by atoms with van der Waals surface area (Å²) in [5.74, 6) is -2.15. The molecular weight excluding hydrogens is 252 g/mol. The Morgan fingerprint density at radius 3 is 2.65 bits per heavy atom. The Kier molecular flexibility index (Phi) is 4.55. The molecule has 0 aliphatic heterocycles. The summed E-state index contributed by atoms with van der Waals surface area (Å²) in [6.07, 6.45) is 0. The largest absolute Gasteiger partial charge is 0.396 e. The average Bonchev–Trinajstić information content (AvgIpc) is 2.29. The van der Waals surface area contributed by atoms with Crippen molar-refractivity contribution in [2.45, 2.75) is 11.8 Å². The maximum atomic E-state index is 13.2. The van der Waals surface area contributed by atoms with E-state index in [1.165, 1.54) is 0 Å². The third-order valence-electron chi connectivity index (χ3n) is 2.12. The van der Waals surface area contributed by atoms with E-state index >= 15 is 0 Å². The van der Waals surface area contributed by atoms with Crippen LogP contribution in [0.25, 0.3) is 0 Å². The van der Waals surface area contributed by atoms with Gasteiger partial charge in [0.2, 0.25) is 10.0 Å². The van der Waals surface area contributed by atoms with E-state index in [1.807, 2.05) is 0 Å². The molecule has 17 heavy (non-hydrogen) atoms. The van der Waals surface area contributed by atoms with Gasteiger partial charge in [-0.2, -0.15) is 0 Å². The van der Waals surface area contributed by atoms with Gasteiger partial charge in [-0.05, 0) is 24.1 Å². The van der Waals surface area contributed by atoms with Gasteiger partial charge in [0.25, 0.3) is 0 Å². The molecule has 96 valence electrons. The number of halogens is 2. The minimum atomic E-state index is -4.09. The number of rotatable bonds is 5. The molecule has 1 aromatic carbocycles. The predicted molar refractivity (Wildman–Crippen MR) is 57.8 cm³/mol. The Morgan fingerprint density at radius 2 is 2.06 bits per heavy atom. The molecule has 0 saturated carbocycles. The Labute approximate surface area is 98.3 Å². The van der Waals surface area contributed by atoms with Gasteiger partial charge in [0.15, 0.2) is 0 Å². The molecular formula is C10H13F2NO3S. The molecule has 0 aromatic heterocycles. The van der Waals surface area contributed by atoms with Crippen LogP contribution in [0.5, 0.6) is 0 Å². The first-order chi connectivity index (χ1) is 7.86. The minimum Gasteiger partial charge on any atom is -0.396 e. The van der Waals surface area contributed by atoms with Crippen LogP contribution in [0.1, 0.15) is 6.92 Å². The van der Waals surface area contributed by atoms with Crippen molar-refractivity contribution in [1.82, 2.24) is 4.72 Å². The first kappa shape index (κ1) is 14.0. The lowest BCUT2D eigenvalue weighted by Crippen LogP contribution is -2.30. The standard InChI is InChI=1S/C10H13F2NO3S/c1-7(6-14)5-13-17(15,16)10-4-8(11)2-3-9(10)12/h2-4,7,13-14H,5-6H2,1H3. The van der Waals surface area contributed by atoms with Crippen LogP contribution in [0.4, 0.5) is 8.78 Å². The molecule has 4 nitrogen and oxygen atoms in total. The van der Waals surface area contributed by atoms with E-state index < -0.39 is 26.6 Å². The average molecular weight is 265 g/mol. The number of benzene rings is 1. The van der Waals surface area contributed by atoms with E-state index in [0.29, 0.717) is 6.07 Å². The van der Waals surface area contributed by atoms with Gasteiger partial charge in [-0.25, -0.2) is 21.9 Å². The van der Waals surface area contributed by atoms with E-state index in [4.69, 9.17) is 5.11 Å². The minimum absolute atomic E-state index is 0.0468. The summed E-state index contributed by atoms with van der Waals surface area (Å²) in [4.78, 5) is -0.734. The molecule has 0 aliphatic carbocycles. The van der Waals surface area contributed by atoms with Crippen molar-refractivity contribution in [2.24, 2.45) is 5.92 Å². The van der Waals surface area contributed by atoms with Crippen molar-refractivity contribution in [3.8, 4) is 0 Å². The summed E-state index contributed by atoms with van der Waals surface area (Å²) in [5.41, 5.74) is 0. The summed E-state index contributed by atoms with van der Waals surface area (Å²) < 4.78 is 51.4. The zero-order valence-electron chi connectivity index (χ0n) is 9.15. The highest BCUT2D eigenvalue weighted by Gasteiger charge is 2.20. The summed E-state index contributed by atoms with van der Waals surface area (Å²) in [6.45, 7) is 1.37. The van der Waals surface area contributed by atoms with Crippen molar-refractivity contribution < 1.29 is 22.3 Å². The highest BCUT2D eigenvalue weighted by Crippen LogP contribution is 2.15. The van der Waals surface area contributed by atoms with Crippen molar-refractivity contribution >= 4 is 10.0 Å². The molecule has 1 aromatic rings. The van der Waals surface area contributed by atoms with Gasteiger partial charge in [0.05, 0.1) is 0 Å². The Balaban J connectivity index is 2.93. The Morgan fingerprint density at radius 1 is 1.41 bits per heavy atom. The second-order valence-corrected chi connectivity index (χ2v) is 5.45. The van der Waals surface area contributed by atoms with Crippen molar-refractivity contribution in [3.05, 3.63) is 29.8 Å². The molecule has 0 aliphatic rings. The maximum Gasteiger partial charge on any atom is 0.243 e. The number of nitrogens with one attached hydrogen (secondary N) is 1. The monoisotopic (exact) mass is 265 g/mol. The highest BCUT2D eigenvalue weighted by molar-refractivity contribution is 7.89. The Hall–Kier alpha value is -1.05. The van der Waals surface area contributed by atoms with Gasteiger partial charge >= 0.3 is 0 Å². The van der Waals surface area contributed by atoms with Gasteiger partial charge in [-0.3, -0.25) is 0 Å². The van der Waals surface area contributed by atoms with Crippen LogP contribution in [-0.2, 0) is 10.0 Å². The van der Waals surface area contributed by atoms with Crippen LogP contribution < -0.4 is 4.72 Å². The molecule has 0 radical (unpaired) electrons. The van der Waals surface area contributed by atoms with Crippen LogP contribution in [0.2, 0.25) is 0 Å². The summed E-state index contributed by atoms with van der Waals surface area (Å²) >= 11 is 0. The molecule has 1 atom stereocenters. The second kappa shape index (κ2) is 5.52. The highest BCUT2D eigenvalue weighted by atomic mass is 32.2. The predicted octanol–water partition coefficient (Wildman–Crippen LogP) is 0.871. The first-order valence-corrected chi connectivity index (χ1v) is 6.40. The molecule has 0 saturated heterocycles. The van der Waals surface area contributed by atoms with Crippen LogP contribution in [0.15, 0.2) is 23.1 Å². The van der Waals surface area contributed by atoms with E-state index in [-0.39, 0.29) is 19.1 Å². The third-order valence-corrected chi connectivity index (χ3v) is 3.55. The van der Waals surface area contributed by atoms with Gasteiger partial charge in [0.1, 0.15) is 16.5 Å². The van der Waals surface area contributed by atoms with Gasteiger partial charge in [0, 0.05) is 13.2 Å². The SMILES string of the molecule is CC(CO)CNS(=O)(=O)c1cc(F)ccc1F. The van der Waals surface area contributed by atoms with E-state index in [1.54, 1.807) is 6.92 Å². The van der Waals surface area contributed by atoms with Crippen LogP contribution >= 0.6 is 0 Å². The van der Waals surface area contributed by atoms with Crippen molar-refractivity contribution in [2.75, 3.05) is 13.2 Å². The lowest BCUT2D eigenvalue weighted by Gasteiger charge is -2.10. The van der Waals surface area contributed by atoms with Crippen molar-refractivity contribution in [3.63, 3.8) is 0 Å². The van der Waals surface area contributed by atoms with Crippen molar-refractivity contribution in [1.29, 1.82) is 0 Å². The molecule has 2 N–H and O–H groups in total. The van der Waals surface area contributed by atoms with E-state index in [2.05, 4.69) is 4.72 Å². The molecule has 0 heterocycles. The fourth-order valence-corrected chi connectivity index (χ4v) is 2.33. The fraction of sp³-hybridized carbons (Fsp3) is 0.400. The van der Waals surface area contributed by atoms with Crippen LogP contribution in [0, 0.1) is 17.6 Å². The second-order valence-electron chi connectivity index (χ2n) is 3.71. The normalized spacial score (nSPS) is 13.6. The zero-order valence-corrected chi connectivity index (χ0v) is 9.97. The topological polar surface area (TPSA) is 66.4 Å². The van der Waals surface area contributed by atoms with Gasteiger partial charge in [-0.15, -0.1) is 0 Å². The van der Waals surface area contributed by atoms with Crippen LogP contribution in [0.3, 0.4) is 0 Å². The lowest BCUT2D eigenvalue weighted by molar-refractivity contribution is 0.238. The van der Waals surface area contributed by atoms with Gasteiger partial charge in [-0.1, -0.05) is 6.92 Å². The fourth-order valence-electron chi connectivity index (χ4n) is 1.08. The summed E-state index contributed by atoms with van der Waals surface area (Å²) in [6, 6.07) is 2.20. The number of hydrogen-bond acceptors (Lipinski definition) is 3. The number of hydrogen-bond donors (Lipinski definition) is 2.